The van der Waals surface area contributed by atoms with Crippen LogP contribution in [0.4, 0.5) is 10.2 Å². The molecule has 0 unspecified atom stereocenters. The number of hydrogen-bond donors (Lipinski definition) is 0. The molecule has 0 aliphatic carbocycles. The Balaban J connectivity index is 1.25. The van der Waals surface area contributed by atoms with E-state index in [1.807, 2.05) is 47.0 Å². The van der Waals surface area contributed by atoms with Crippen molar-refractivity contribution in [3.8, 4) is 11.4 Å². The minimum absolute atomic E-state index is 0.199. The van der Waals surface area contributed by atoms with Crippen molar-refractivity contribution >= 4 is 11.5 Å². The number of nitrogens with zero attached hydrogens (tertiary/aromatic N) is 5. The molecule has 152 valence electrons. The summed E-state index contributed by atoms with van der Waals surface area (Å²) < 4.78 is 20.9. The summed E-state index contributed by atoms with van der Waals surface area (Å²) in [4.78, 5) is 2.27. The van der Waals surface area contributed by atoms with Gasteiger partial charge in [0.1, 0.15) is 11.6 Å². The molecule has 1 aliphatic heterocycles. The van der Waals surface area contributed by atoms with Crippen molar-refractivity contribution in [1.29, 1.82) is 0 Å². The number of anilines is 1. The lowest BCUT2D eigenvalue weighted by atomic mass is 10.1. The molecule has 0 amide bonds. The first-order chi connectivity index (χ1) is 14.8. The molecule has 1 fully saturated rings. The second-order valence-corrected chi connectivity index (χ2v) is 7.48. The fourth-order valence-corrected chi connectivity index (χ4v) is 3.76. The van der Waals surface area contributed by atoms with Gasteiger partial charge in [0.25, 0.3) is 0 Å². The van der Waals surface area contributed by atoms with Crippen LogP contribution in [0.3, 0.4) is 0 Å². The van der Waals surface area contributed by atoms with Crippen LogP contribution >= 0.6 is 0 Å². The number of piperidine rings is 1. The van der Waals surface area contributed by atoms with Gasteiger partial charge in [-0.2, -0.15) is 4.52 Å². The van der Waals surface area contributed by atoms with E-state index in [1.54, 1.807) is 12.1 Å². The van der Waals surface area contributed by atoms with Gasteiger partial charge < -0.3 is 9.64 Å². The van der Waals surface area contributed by atoms with Crippen LogP contribution in [0.15, 0.2) is 66.7 Å². The average molecular weight is 403 g/mol. The van der Waals surface area contributed by atoms with Crippen LogP contribution in [0.2, 0.25) is 0 Å². The van der Waals surface area contributed by atoms with Gasteiger partial charge in [-0.15, -0.1) is 15.3 Å². The summed E-state index contributed by atoms with van der Waals surface area (Å²) in [7, 11) is 0. The standard InChI is InChI=1S/C23H22FN5O/c24-19-8-6-17(7-9-19)16-30-20-12-14-28(15-13-20)22-11-10-21-25-26-23(29(21)27-22)18-4-2-1-3-5-18/h1-11,20H,12-16H2. The van der Waals surface area contributed by atoms with Crippen LogP contribution in [0.5, 0.6) is 0 Å². The molecule has 6 nitrogen and oxygen atoms in total. The molecule has 0 N–H and O–H groups in total. The van der Waals surface area contributed by atoms with Crippen molar-refractivity contribution in [3.63, 3.8) is 0 Å². The smallest absolute Gasteiger partial charge is 0.185 e. The SMILES string of the molecule is Fc1ccc(COC2CCN(c3ccc4nnc(-c5ccccc5)n4n3)CC2)cc1. The first-order valence-corrected chi connectivity index (χ1v) is 10.2. The van der Waals surface area contributed by atoms with E-state index < -0.39 is 0 Å². The highest BCUT2D eigenvalue weighted by molar-refractivity contribution is 5.59. The predicted octanol–water partition coefficient (Wildman–Crippen LogP) is 4.12. The Hall–Kier alpha value is -3.32. The van der Waals surface area contributed by atoms with Crippen LogP contribution < -0.4 is 4.90 Å². The topological polar surface area (TPSA) is 55.5 Å². The van der Waals surface area contributed by atoms with Crippen LogP contribution in [0.25, 0.3) is 17.0 Å². The predicted molar refractivity (Wildman–Crippen MR) is 113 cm³/mol. The molecule has 0 atom stereocenters. The summed E-state index contributed by atoms with van der Waals surface area (Å²) in [6.45, 7) is 2.25. The maximum absolute atomic E-state index is 13.0. The number of halogens is 1. The van der Waals surface area contributed by atoms with Crippen molar-refractivity contribution in [2.24, 2.45) is 0 Å². The summed E-state index contributed by atoms with van der Waals surface area (Å²) in [6.07, 6.45) is 2.05. The molecule has 0 spiro atoms. The molecule has 4 aromatic rings. The number of rotatable bonds is 5. The van der Waals surface area contributed by atoms with E-state index in [4.69, 9.17) is 9.84 Å². The molecule has 7 heteroatoms. The Morgan fingerprint density at radius 1 is 0.900 bits per heavy atom. The van der Waals surface area contributed by atoms with Gasteiger partial charge in [0.15, 0.2) is 11.5 Å². The van der Waals surface area contributed by atoms with Crippen LogP contribution in [-0.2, 0) is 11.3 Å². The van der Waals surface area contributed by atoms with Crippen LogP contribution in [0, 0.1) is 5.82 Å². The molecule has 2 aromatic heterocycles. The Labute approximate surface area is 173 Å². The van der Waals surface area contributed by atoms with E-state index in [1.165, 1.54) is 12.1 Å². The van der Waals surface area contributed by atoms with E-state index in [-0.39, 0.29) is 11.9 Å². The van der Waals surface area contributed by atoms with E-state index in [0.29, 0.717) is 6.61 Å². The first kappa shape index (κ1) is 18.7. The number of ether oxygens (including phenoxy) is 1. The van der Waals surface area contributed by atoms with E-state index in [0.717, 1.165) is 54.3 Å². The molecule has 1 saturated heterocycles. The quantitative estimate of drug-likeness (QED) is 0.502. The number of hydrogen-bond acceptors (Lipinski definition) is 5. The van der Waals surface area contributed by atoms with Crippen molar-refractivity contribution in [2.45, 2.75) is 25.6 Å². The average Bonchev–Trinajstić information content (AvgIpc) is 3.23. The summed E-state index contributed by atoms with van der Waals surface area (Å²) in [5, 5.41) is 13.4. The maximum atomic E-state index is 13.0. The minimum atomic E-state index is -0.222. The molecule has 0 radical (unpaired) electrons. The third-order valence-corrected chi connectivity index (χ3v) is 5.45. The maximum Gasteiger partial charge on any atom is 0.185 e. The third-order valence-electron chi connectivity index (χ3n) is 5.45. The minimum Gasteiger partial charge on any atom is -0.373 e. The van der Waals surface area contributed by atoms with E-state index in [2.05, 4.69) is 15.1 Å². The van der Waals surface area contributed by atoms with Gasteiger partial charge in [0, 0.05) is 18.7 Å². The highest BCUT2D eigenvalue weighted by Gasteiger charge is 2.21. The Bertz CT molecular complexity index is 1120. The lowest BCUT2D eigenvalue weighted by Gasteiger charge is -2.32. The second-order valence-electron chi connectivity index (χ2n) is 7.48. The number of fused-ring (bicyclic) bond motifs is 1. The zero-order valence-corrected chi connectivity index (χ0v) is 16.5. The van der Waals surface area contributed by atoms with E-state index >= 15 is 0 Å². The first-order valence-electron chi connectivity index (χ1n) is 10.2. The van der Waals surface area contributed by atoms with Crippen molar-refractivity contribution in [3.05, 3.63) is 78.1 Å². The fraction of sp³-hybridized carbons (Fsp3) is 0.261. The molecule has 0 saturated carbocycles. The van der Waals surface area contributed by atoms with E-state index in [9.17, 15) is 4.39 Å². The number of benzene rings is 2. The van der Waals surface area contributed by atoms with Crippen LogP contribution in [-0.4, -0.2) is 39.0 Å². The zero-order valence-electron chi connectivity index (χ0n) is 16.5. The van der Waals surface area contributed by atoms with Crippen molar-refractivity contribution in [1.82, 2.24) is 19.8 Å². The third kappa shape index (κ3) is 3.89. The Morgan fingerprint density at radius 3 is 2.43 bits per heavy atom. The summed E-state index contributed by atoms with van der Waals surface area (Å²) >= 11 is 0. The molecule has 1 aliphatic rings. The lowest BCUT2D eigenvalue weighted by molar-refractivity contribution is 0.0250. The highest BCUT2D eigenvalue weighted by Crippen LogP contribution is 2.23. The molecule has 5 rings (SSSR count). The van der Waals surface area contributed by atoms with Gasteiger partial charge in [-0.1, -0.05) is 42.5 Å². The van der Waals surface area contributed by atoms with Gasteiger partial charge in [0.2, 0.25) is 0 Å². The molecular weight excluding hydrogens is 381 g/mol. The molecule has 0 bridgehead atoms. The van der Waals surface area contributed by atoms with Crippen molar-refractivity contribution in [2.75, 3.05) is 18.0 Å². The molecular formula is C23H22FN5O. The summed E-state index contributed by atoms with van der Waals surface area (Å²) in [5.74, 6) is 1.43. The second kappa shape index (κ2) is 8.20. The Morgan fingerprint density at radius 2 is 1.67 bits per heavy atom. The van der Waals surface area contributed by atoms with Gasteiger partial charge in [-0.05, 0) is 42.7 Å². The fourth-order valence-electron chi connectivity index (χ4n) is 3.76. The lowest BCUT2D eigenvalue weighted by Crippen LogP contribution is -2.37. The molecule has 30 heavy (non-hydrogen) atoms. The monoisotopic (exact) mass is 403 g/mol. The summed E-state index contributed by atoms with van der Waals surface area (Å²) in [5.41, 5.74) is 2.71. The normalized spacial score (nSPS) is 15.0. The zero-order chi connectivity index (χ0) is 20.3. The molecule has 2 aromatic carbocycles. The highest BCUT2D eigenvalue weighted by atomic mass is 19.1. The summed E-state index contributed by atoms with van der Waals surface area (Å²) in [6, 6.07) is 20.4. The van der Waals surface area contributed by atoms with Gasteiger partial charge in [0.05, 0.1) is 12.7 Å². The largest absolute Gasteiger partial charge is 0.373 e. The van der Waals surface area contributed by atoms with Crippen LogP contribution in [0.1, 0.15) is 18.4 Å². The van der Waals surface area contributed by atoms with Gasteiger partial charge >= 0.3 is 0 Å². The van der Waals surface area contributed by atoms with Crippen molar-refractivity contribution < 1.29 is 9.13 Å². The Kier molecular flexibility index (Phi) is 5.11. The van der Waals surface area contributed by atoms with Gasteiger partial charge in [-0.3, -0.25) is 0 Å². The molecule has 3 heterocycles. The van der Waals surface area contributed by atoms with Gasteiger partial charge in [-0.25, -0.2) is 4.39 Å². The number of aromatic nitrogens is 4.